The number of hydrogen-bond donors (Lipinski definition) is 1. The summed E-state index contributed by atoms with van der Waals surface area (Å²) in [5.41, 5.74) is 5.15. The van der Waals surface area contributed by atoms with Crippen molar-refractivity contribution < 1.29 is 13.9 Å². The SMILES string of the molecule is NCCOC(=O)/C=C/c1ccco1. The van der Waals surface area contributed by atoms with Crippen molar-refractivity contribution >= 4 is 12.0 Å². The van der Waals surface area contributed by atoms with Crippen molar-refractivity contribution in [2.24, 2.45) is 5.73 Å². The summed E-state index contributed by atoms with van der Waals surface area (Å²) in [5.74, 6) is 0.201. The second-order valence-corrected chi connectivity index (χ2v) is 2.30. The van der Waals surface area contributed by atoms with Crippen LogP contribution in [0.2, 0.25) is 0 Å². The molecule has 1 aromatic rings. The van der Waals surface area contributed by atoms with Crippen molar-refractivity contribution in [2.75, 3.05) is 13.2 Å². The Morgan fingerprint density at radius 3 is 3.15 bits per heavy atom. The molecular weight excluding hydrogens is 170 g/mol. The van der Waals surface area contributed by atoms with Gasteiger partial charge in [0.25, 0.3) is 0 Å². The predicted octanol–water partition coefficient (Wildman–Crippen LogP) is 0.795. The van der Waals surface area contributed by atoms with E-state index in [4.69, 9.17) is 14.9 Å². The van der Waals surface area contributed by atoms with Gasteiger partial charge >= 0.3 is 5.97 Å². The predicted molar refractivity (Wildman–Crippen MR) is 47.8 cm³/mol. The number of esters is 1. The molecule has 0 aliphatic carbocycles. The number of rotatable bonds is 4. The van der Waals surface area contributed by atoms with E-state index < -0.39 is 5.97 Å². The third kappa shape index (κ3) is 3.57. The summed E-state index contributed by atoms with van der Waals surface area (Å²) in [7, 11) is 0. The average molecular weight is 181 g/mol. The van der Waals surface area contributed by atoms with E-state index in [0.29, 0.717) is 12.3 Å². The summed E-state index contributed by atoms with van der Waals surface area (Å²) >= 11 is 0. The van der Waals surface area contributed by atoms with Gasteiger partial charge in [-0.25, -0.2) is 4.79 Å². The van der Waals surface area contributed by atoms with Gasteiger partial charge in [-0.1, -0.05) is 0 Å². The van der Waals surface area contributed by atoms with Crippen LogP contribution in [0.15, 0.2) is 28.9 Å². The maximum Gasteiger partial charge on any atom is 0.330 e. The van der Waals surface area contributed by atoms with Crippen molar-refractivity contribution in [1.29, 1.82) is 0 Å². The smallest absolute Gasteiger partial charge is 0.330 e. The normalized spacial score (nSPS) is 10.5. The molecule has 0 radical (unpaired) electrons. The summed E-state index contributed by atoms with van der Waals surface area (Å²) in [6, 6.07) is 3.48. The van der Waals surface area contributed by atoms with Crippen LogP contribution in [0, 0.1) is 0 Å². The van der Waals surface area contributed by atoms with Crippen LogP contribution in [-0.4, -0.2) is 19.1 Å². The molecule has 4 nitrogen and oxygen atoms in total. The van der Waals surface area contributed by atoms with Crippen molar-refractivity contribution in [1.82, 2.24) is 0 Å². The van der Waals surface area contributed by atoms with Crippen LogP contribution in [0.25, 0.3) is 6.08 Å². The second-order valence-electron chi connectivity index (χ2n) is 2.30. The molecule has 0 aliphatic rings. The van der Waals surface area contributed by atoms with E-state index in [1.165, 1.54) is 12.3 Å². The molecule has 70 valence electrons. The molecule has 2 N–H and O–H groups in total. The molecule has 13 heavy (non-hydrogen) atoms. The standard InChI is InChI=1S/C9H11NO3/c10-5-7-13-9(11)4-3-8-2-1-6-12-8/h1-4,6H,5,7,10H2/b4-3+. The molecule has 0 atom stereocenters. The molecule has 4 heteroatoms. The van der Waals surface area contributed by atoms with Gasteiger partial charge in [0.05, 0.1) is 6.26 Å². The Bertz CT molecular complexity index is 277. The Hall–Kier alpha value is -1.55. The van der Waals surface area contributed by atoms with Crippen molar-refractivity contribution in [3.8, 4) is 0 Å². The fourth-order valence-corrected chi connectivity index (χ4v) is 0.744. The number of hydrogen-bond acceptors (Lipinski definition) is 4. The molecule has 0 saturated heterocycles. The Balaban J connectivity index is 2.35. The second kappa shape index (κ2) is 5.16. The lowest BCUT2D eigenvalue weighted by Crippen LogP contribution is -2.11. The minimum atomic E-state index is -0.415. The summed E-state index contributed by atoms with van der Waals surface area (Å²) < 4.78 is 9.67. The van der Waals surface area contributed by atoms with Crippen LogP contribution in [0.4, 0.5) is 0 Å². The van der Waals surface area contributed by atoms with Gasteiger partial charge in [-0.05, 0) is 18.2 Å². The van der Waals surface area contributed by atoms with Crippen LogP contribution >= 0.6 is 0 Å². The van der Waals surface area contributed by atoms with Crippen LogP contribution in [0.5, 0.6) is 0 Å². The number of furan rings is 1. The van der Waals surface area contributed by atoms with Crippen LogP contribution < -0.4 is 5.73 Å². The Labute approximate surface area is 76.0 Å². The quantitative estimate of drug-likeness (QED) is 0.551. The number of nitrogens with two attached hydrogens (primary N) is 1. The lowest BCUT2D eigenvalue weighted by atomic mass is 10.4. The van der Waals surface area contributed by atoms with Gasteiger partial charge in [0.1, 0.15) is 12.4 Å². The van der Waals surface area contributed by atoms with E-state index in [1.807, 2.05) is 0 Å². The van der Waals surface area contributed by atoms with Crippen LogP contribution in [0.1, 0.15) is 5.76 Å². The highest BCUT2D eigenvalue weighted by atomic mass is 16.5. The molecule has 1 heterocycles. The van der Waals surface area contributed by atoms with Crippen LogP contribution in [0.3, 0.4) is 0 Å². The minimum Gasteiger partial charge on any atom is -0.465 e. The molecular formula is C9H11NO3. The average Bonchev–Trinajstić information content (AvgIpc) is 2.64. The summed E-state index contributed by atoms with van der Waals surface area (Å²) in [4.78, 5) is 10.9. The molecule has 0 unspecified atom stereocenters. The van der Waals surface area contributed by atoms with Crippen LogP contribution in [-0.2, 0) is 9.53 Å². The molecule has 0 saturated carbocycles. The van der Waals surface area contributed by atoms with Gasteiger partial charge in [-0.15, -0.1) is 0 Å². The zero-order chi connectivity index (χ0) is 9.52. The highest BCUT2D eigenvalue weighted by Crippen LogP contribution is 2.01. The summed E-state index contributed by atoms with van der Waals surface area (Å²) in [6.07, 6.45) is 4.37. The molecule has 0 aliphatic heterocycles. The van der Waals surface area contributed by atoms with Crippen molar-refractivity contribution in [3.05, 3.63) is 30.2 Å². The topological polar surface area (TPSA) is 65.5 Å². The van der Waals surface area contributed by atoms with E-state index in [9.17, 15) is 4.79 Å². The van der Waals surface area contributed by atoms with Gasteiger partial charge < -0.3 is 14.9 Å². The minimum absolute atomic E-state index is 0.237. The lowest BCUT2D eigenvalue weighted by Gasteiger charge is -1.96. The third-order valence-electron chi connectivity index (χ3n) is 1.29. The molecule has 0 spiro atoms. The lowest BCUT2D eigenvalue weighted by molar-refractivity contribution is -0.137. The Morgan fingerprint density at radius 2 is 2.54 bits per heavy atom. The first kappa shape index (κ1) is 9.54. The zero-order valence-electron chi connectivity index (χ0n) is 7.10. The summed E-state index contributed by atoms with van der Waals surface area (Å²) in [5, 5.41) is 0. The van der Waals surface area contributed by atoms with Crippen molar-refractivity contribution in [3.63, 3.8) is 0 Å². The molecule has 1 aromatic heterocycles. The largest absolute Gasteiger partial charge is 0.465 e. The molecule has 0 bridgehead atoms. The molecule has 0 fully saturated rings. The number of ether oxygens (including phenoxy) is 1. The van der Waals surface area contributed by atoms with Gasteiger partial charge in [0.15, 0.2) is 0 Å². The monoisotopic (exact) mass is 181 g/mol. The fraction of sp³-hybridized carbons (Fsp3) is 0.222. The first-order valence-corrected chi connectivity index (χ1v) is 3.91. The third-order valence-corrected chi connectivity index (χ3v) is 1.29. The first-order chi connectivity index (χ1) is 6.33. The summed E-state index contributed by atoms with van der Waals surface area (Å²) in [6.45, 7) is 0.571. The Morgan fingerprint density at radius 1 is 1.69 bits per heavy atom. The first-order valence-electron chi connectivity index (χ1n) is 3.91. The van der Waals surface area contributed by atoms with E-state index >= 15 is 0 Å². The maximum atomic E-state index is 10.9. The fourth-order valence-electron chi connectivity index (χ4n) is 0.744. The van der Waals surface area contributed by atoms with Crippen molar-refractivity contribution in [2.45, 2.75) is 0 Å². The zero-order valence-corrected chi connectivity index (χ0v) is 7.10. The van der Waals surface area contributed by atoms with E-state index in [0.717, 1.165) is 0 Å². The molecule has 0 amide bonds. The van der Waals surface area contributed by atoms with E-state index in [1.54, 1.807) is 18.2 Å². The maximum absolute atomic E-state index is 10.9. The Kier molecular flexibility index (Phi) is 3.78. The number of carbonyl (C=O) groups excluding carboxylic acids is 1. The molecule has 1 rings (SSSR count). The van der Waals surface area contributed by atoms with Gasteiger partial charge in [0, 0.05) is 12.6 Å². The number of carbonyl (C=O) groups is 1. The highest BCUT2D eigenvalue weighted by Gasteiger charge is 1.95. The van der Waals surface area contributed by atoms with E-state index in [-0.39, 0.29) is 6.61 Å². The molecule has 0 aromatic carbocycles. The van der Waals surface area contributed by atoms with E-state index in [2.05, 4.69) is 0 Å². The highest BCUT2D eigenvalue weighted by molar-refractivity contribution is 5.86. The van der Waals surface area contributed by atoms with Gasteiger partial charge in [0.2, 0.25) is 0 Å². The van der Waals surface area contributed by atoms with Gasteiger partial charge in [-0.3, -0.25) is 0 Å². The van der Waals surface area contributed by atoms with Gasteiger partial charge in [-0.2, -0.15) is 0 Å².